The van der Waals surface area contributed by atoms with E-state index in [1.807, 2.05) is 0 Å². The van der Waals surface area contributed by atoms with Gasteiger partial charge >= 0.3 is 5.97 Å². The third-order valence-corrected chi connectivity index (χ3v) is 4.18. The highest BCUT2D eigenvalue weighted by molar-refractivity contribution is 7.99. The first kappa shape index (κ1) is 13.7. The van der Waals surface area contributed by atoms with E-state index in [4.69, 9.17) is 4.74 Å². The van der Waals surface area contributed by atoms with Gasteiger partial charge in [0.2, 0.25) is 5.88 Å². The van der Waals surface area contributed by atoms with Crippen LogP contribution >= 0.6 is 11.8 Å². The van der Waals surface area contributed by atoms with Crippen LogP contribution < -0.4 is 10.1 Å². The molecule has 1 fully saturated rings. The van der Waals surface area contributed by atoms with E-state index < -0.39 is 17.4 Å². The Balaban J connectivity index is 2.23. The first-order chi connectivity index (χ1) is 9.09. The summed E-state index contributed by atoms with van der Waals surface area (Å²) in [6, 6.07) is 3.16. The fourth-order valence-corrected chi connectivity index (χ4v) is 3.22. The summed E-state index contributed by atoms with van der Waals surface area (Å²) in [5.74, 6) is -0.206. The molecule has 0 aromatic carbocycles. The van der Waals surface area contributed by atoms with Crippen LogP contribution in [0.2, 0.25) is 0 Å². The number of ether oxygens (including phenoxy) is 1. The molecule has 0 saturated carbocycles. The number of rotatable bonds is 4. The standard InChI is InChI=1S/C12H14N2O4S/c1-18-10-8(3-2-5-13-10)9(15)14-12(11(16)17)4-6-19-7-12/h2-3,5H,4,6-7H2,1H3,(H,14,15)(H,16,17)/t12-/m1/s1. The van der Waals surface area contributed by atoms with Crippen LogP contribution in [0.3, 0.4) is 0 Å². The first-order valence-electron chi connectivity index (χ1n) is 5.72. The molecule has 1 saturated heterocycles. The van der Waals surface area contributed by atoms with Crippen molar-refractivity contribution < 1.29 is 19.4 Å². The van der Waals surface area contributed by atoms with Crippen LogP contribution in [-0.2, 0) is 4.79 Å². The third-order valence-electron chi connectivity index (χ3n) is 2.99. The van der Waals surface area contributed by atoms with Gasteiger partial charge in [-0.3, -0.25) is 4.79 Å². The van der Waals surface area contributed by atoms with Crippen LogP contribution in [0.4, 0.5) is 0 Å². The number of thioether (sulfide) groups is 1. The normalized spacial score (nSPS) is 21.9. The predicted octanol–water partition coefficient (Wildman–Crippen LogP) is 0.780. The highest BCUT2D eigenvalue weighted by Gasteiger charge is 2.43. The Hall–Kier alpha value is -1.76. The Morgan fingerprint density at radius 1 is 1.58 bits per heavy atom. The average Bonchev–Trinajstić information content (AvgIpc) is 2.88. The second-order valence-electron chi connectivity index (χ2n) is 4.20. The number of hydrogen-bond donors (Lipinski definition) is 2. The number of pyridine rings is 1. The van der Waals surface area contributed by atoms with Crippen molar-refractivity contribution in [3.63, 3.8) is 0 Å². The number of nitrogens with one attached hydrogen (secondary N) is 1. The number of hydrogen-bond acceptors (Lipinski definition) is 5. The summed E-state index contributed by atoms with van der Waals surface area (Å²) in [5.41, 5.74) is -0.953. The number of carbonyl (C=O) groups excluding carboxylic acids is 1. The largest absolute Gasteiger partial charge is 0.480 e. The van der Waals surface area contributed by atoms with Crippen molar-refractivity contribution >= 4 is 23.6 Å². The smallest absolute Gasteiger partial charge is 0.330 e. The lowest BCUT2D eigenvalue weighted by Gasteiger charge is -2.24. The van der Waals surface area contributed by atoms with Gasteiger partial charge in [-0.05, 0) is 24.3 Å². The van der Waals surface area contributed by atoms with Gasteiger partial charge in [-0.2, -0.15) is 11.8 Å². The van der Waals surface area contributed by atoms with Crippen LogP contribution in [0.15, 0.2) is 18.3 Å². The Morgan fingerprint density at radius 2 is 2.37 bits per heavy atom. The minimum Gasteiger partial charge on any atom is -0.480 e. The monoisotopic (exact) mass is 282 g/mol. The van der Waals surface area contributed by atoms with Crippen molar-refractivity contribution in [3.05, 3.63) is 23.9 Å². The van der Waals surface area contributed by atoms with E-state index >= 15 is 0 Å². The van der Waals surface area contributed by atoms with Crippen LogP contribution in [-0.4, -0.2) is 46.1 Å². The second kappa shape index (κ2) is 5.48. The zero-order chi connectivity index (χ0) is 13.9. The van der Waals surface area contributed by atoms with Crippen molar-refractivity contribution in [2.24, 2.45) is 0 Å². The molecule has 2 rings (SSSR count). The van der Waals surface area contributed by atoms with Gasteiger partial charge in [-0.1, -0.05) is 0 Å². The molecule has 2 N–H and O–H groups in total. The lowest BCUT2D eigenvalue weighted by molar-refractivity contribution is -0.143. The predicted molar refractivity (Wildman–Crippen MR) is 70.6 cm³/mol. The van der Waals surface area contributed by atoms with Gasteiger partial charge in [-0.15, -0.1) is 0 Å². The maximum atomic E-state index is 12.2. The number of carbonyl (C=O) groups is 2. The summed E-state index contributed by atoms with van der Waals surface area (Å²) in [4.78, 5) is 27.5. The number of aliphatic carboxylic acids is 1. The number of nitrogens with zero attached hydrogens (tertiary/aromatic N) is 1. The van der Waals surface area contributed by atoms with Gasteiger partial charge in [0.15, 0.2) is 0 Å². The maximum Gasteiger partial charge on any atom is 0.330 e. The number of carboxylic acid groups (broad SMARTS) is 1. The zero-order valence-electron chi connectivity index (χ0n) is 10.4. The van der Waals surface area contributed by atoms with E-state index in [0.717, 1.165) is 5.75 Å². The van der Waals surface area contributed by atoms with E-state index in [1.165, 1.54) is 25.1 Å². The molecule has 0 radical (unpaired) electrons. The number of aromatic nitrogens is 1. The molecular weight excluding hydrogens is 268 g/mol. The van der Waals surface area contributed by atoms with E-state index in [9.17, 15) is 14.7 Å². The Morgan fingerprint density at radius 3 is 2.95 bits per heavy atom. The second-order valence-corrected chi connectivity index (χ2v) is 5.31. The van der Waals surface area contributed by atoms with Crippen LogP contribution in [0.5, 0.6) is 5.88 Å². The molecule has 0 spiro atoms. The SMILES string of the molecule is COc1ncccc1C(=O)N[C@]1(C(=O)O)CCSC1. The summed E-state index contributed by atoms with van der Waals surface area (Å²) in [5, 5.41) is 11.9. The zero-order valence-corrected chi connectivity index (χ0v) is 11.2. The number of amides is 1. The van der Waals surface area contributed by atoms with Crippen LogP contribution in [0.1, 0.15) is 16.8 Å². The van der Waals surface area contributed by atoms with Crippen molar-refractivity contribution in [1.82, 2.24) is 10.3 Å². The molecule has 102 valence electrons. The highest BCUT2D eigenvalue weighted by Crippen LogP contribution is 2.29. The lowest BCUT2D eigenvalue weighted by atomic mass is 9.98. The Labute approximate surface area is 114 Å². The molecule has 1 aromatic heterocycles. The van der Waals surface area contributed by atoms with E-state index in [2.05, 4.69) is 10.3 Å². The summed E-state index contributed by atoms with van der Waals surface area (Å²) in [6.07, 6.45) is 1.93. The summed E-state index contributed by atoms with van der Waals surface area (Å²) in [6.45, 7) is 0. The third kappa shape index (κ3) is 2.65. The summed E-state index contributed by atoms with van der Waals surface area (Å²) >= 11 is 1.51. The van der Waals surface area contributed by atoms with Crippen molar-refractivity contribution in [3.8, 4) is 5.88 Å². The van der Waals surface area contributed by atoms with E-state index in [-0.39, 0.29) is 11.4 Å². The summed E-state index contributed by atoms with van der Waals surface area (Å²) in [7, 11) is 1.41. The Kier molecular flexibility index (Phi) is 3.94. The van der Waals surface area contributed by atoms with Gasteiger partial charge in [0.1, 0.15) is 11.1 Å². The molecule has 7 heteroatoms. The van der Waals surface area contributed by atoms with Gasteiger partial charge in [0, 0.05) is 11.9 Å². The maximum absolute atomic E-state index is 12.2. The van der Waals surface area contributed by atoms with Gasteiger partial charge in [0.25, 0.3) is 5.91 Å². The molecule has 19 heavy (non-hydrogen) atoms. The lowest BCUT2D eigenvalue weighted by Crippen LogP contribution is -2.54. The molecular formula is C12H14N2O4S. The fourth-order valence-electron chi connectivity index (χ4n) is 1.90. The molecule has 0 aliphatic carbocycles. The molecule has 2 heterocycles. The molecule has 6 nitrogen and oxygen atoms in total. The molecule has 1 aromatic rings. The topological polar surface area (TPSA) is 88.5 Å². The molecule has 1 aliphatic rings. The van der Waals surface area contributed by atoms with Gasteiger partial charge < -0.3 is 15.2 Å². The van der Waals surface area contributed by atoms with Crippen molar-refractivity contribution in [2.45, 2.75) is 12.0 Å². The van der Waals surface area contributed by atoms with Crippen molar-refractivity contribution in [2.75, 3.05) is 18.6 Å². The van der Waals surface area contributed by atoms with E-state index in [0.29, 0.717) is 12.2 Å². The molecule has 0 bridgehead atoms. The minimum atomic E-state index is -1.19. The van der Waals surface area contributed by atoms with Crippen LogP contribution in [0.25, 0.3) is 0 Å². The van der Waals surface area contributed by atoms with Gasteiger partial charge in [-0.25, -0.2) is 9.78 Å². The minimum absolute atomic E-state index is 0.186. The van der Waals surface area contributed by atoms with Crippen LogP contribution in [0, 0.1) is 0 Å². The average molecular weight is 282 g/mol. The van der Waals surface area contributed by atoms with E-state index in [1.54, 1.807) is 12.1 Å². The molecule has 1 amide bonds. The highest BCUT2D eigenvalue weighted by atomic mass is 32.2. The van der Waals surface area contributed by atoms with Crippen molar-refractivity contribution in [1.29, 1.82) is 0 Å². The molecule has 0 unspecified atom stereocenters. The van der Waals surface area contributed by atoms with Gasteiger partial charge in [0.05, 0.1) is 7.11 Å². The summed E-state index contributed by atoms with van der Waals surface area (Å²) < 4.78 is 5.00. The fraction of sp³-hybridized carbons (Fsp3) is 0.417. The first-order valence-corrected chi connectivity index (χ1v) is 6.87. The molecule has 1 aliphatic heterocycles. The number of methoxy groups -OCH3 is 1. The Bertz CT molecular complexity index is 500. The number of carboxylic acids is 1. The quantitative estimate of drug-likeness (QED) is 0.848. The molecule has 1 atom stereocenters.